The Hall–Kier alpha value is -0.630. The lowest BCUT2D eigenvalue weighted by Gasteiger charge is -2.22. The molecule has 56 valence electrons. The van der Waals surface area contributed by atoms with Crippen LogP contribution in [-0.4, -0.2) is 18.5 Å². The van der Waals surface area contributed by atoms with Crippen molar-refractivity contribution in [2.45, 2.75) is 32.5 Å². The van der Waals surface area contributed by atoms with Gasteiger partial charge in [0.1, 0.15) is 6.10 Å². The van der Waals surface area contributed by atoms with Crippen molar-refractivity contribution in [3.63, 3.8) is 0 Å². The van der Waals surface area contributed by atoms with Gasteiger partial charge in [-0.3, -0.25) is 0 Å². The second-order valence-corrected chi connectivity index (χ2v) is 2.69. The Morgan fingerprint density at radius 3 is 3.00 bits per heavy atom. The first kappa shape index (κ1) is 7.48. The normalized spacial score (nSPS) is 33.2. The largest absolute Gasteiger partial charge is 0.363 e. The molecule has 0 amide bonds. The molecule has 1 aliphatic heterocycles. The molecule has 1 rings (SSSR count). The topological polar surface area (TPSA) is 26.3 Å². The molecule has 10 heavy (non-hydrogen) atoms. The first-order valence-electron chi connectivity index (χ1n) is 3.51. The summed E-state index contributed by atoms with van der Waals surface area (Å²) in [7, 11) is 0. The van der Waals surface area contributed by atoms with E-state index in [0.717, 1.165) is 18.3 Å². The van der Waals surface area contributed by atoms with E-state index < -0.39 is 0 Å². The Labute approximate surface area is 60.9 Å². The highest BCUT2D eigenvalue weighted by atomic mass is 16.5. The SMILES string of the molecule is CC1=CCC(C)OC1C=O. The molecule has 0 bridgehead atoms. The molecule has 1 aliphatic rings. The van der Waals surface area contributed by atoms with Crippen molar-refractivity contribution in [2.24, 2.45) is 0 Å². The lowest BCUT2D eigenvalue weighted by molar-refractivity contribution is -0.119. The fourth-order valence-corrected chi connectivity index (χ4v) is 1.02. The van der Waals surface area contributed by atoms with E-state index in [1.165, 1.54) is 0 Å². The fraction of sp³-hybridized carbons (Fsp3) is 0.625. The monoisotopic (exact) mass is 140 g/mol. The minimum absolute atomic E-state index is 0.193. The molecule has 0 aliphatic carbocycles. The van der Waals surface area contributed by atoms with E-state index >= 15 is 0 Å². The van der Waals surface area contributed by atoms with Gasteiger partial charge in [-0.05, 0) is 25.8 Å². The Bertz CT molecular complexity index is 161. The lowest BCUT2D eigenvalue weighted by atomic mass is 10.1. The number of rotatable bonds is 1. The molecular formula is C8H12O2. The molecule has 0 aromatic carbocycles. The molecular weight excluding hydrogens is 128 g/mol. The van der Waals surface area contributed by atoms with E-state index in [-0.39, 0.29) is 12.2 Å². The second kappa shape index (κ2) is 2.97. The van der Waals surface area contributed by atoms with Crippen LogP contribution in [0.5, 0.6) is 0 Å². The third-order valence-electron chi connectivity index (χ3n) is 1.72. The van der Waals surface area contributed by atoms with Gasteiger partial charge < -0.3 is 9.53 Å². The molecule has 2 nitrogen and oxygen atoms in total. The summed E-state index contributed by atoms with van der Waals surface area (Å²) in [5.41, 5.74) is 1.04. The van der Waals surface area contributed by atoms with Gasteiger partial charge in [-0.2, -0.15) is 0 Å². The van der Waals surface area contributed by atoms with Gasteiger partial charge in [-0.15, -0.1) is 0 Å². The number of hydrogen-bond donors (Lipinski definition) is 0. The molecule has 0 saturated heterocycles. The van der Waals surface area contributed by atoms with Gasteiger partial charge in [0.2, 0.25) is 0 Å². The van der Waals surface area contributed by atoms with Gasteiger partial charge in [0.25, 0.3) is 0 Å². The number of hydrogen-bond acceptors (Lipinski definition) is 2. The number of carbonyl (C=O) groups is 1. The maximum atomic E-state index is 10.4. The molecule has 0 radical (unpaired) electrons. The van der Waals surface area contributed by atoms with Crippen molar-refractivity contribution in [3.8, 4) is 0 Å². The second-order valence-electron chi connectivity index (χ2n) is 2.69. The minimum Gasteiger partial charge on any atom is -0.363 e. The molecule has 2 atom stereocenters. The van der Waals surface area contributed by atoms with Gasteiger partial charge in [0, 0.05) is 0 Å². The van der Waals surface area contributed by atoms with Gasteiger partial charge in [-0.25, -0.2) is 0 Å². The molecule has 0 N–H and O–H groups in total. The van der Waals surface area contributed by atoms with Crippen LogP contribution in [0.2, 0.25) is 0 Å². The van der Waals surface area contributed by atoms with Crippen molar-refractivity contribution >= 4 is 6.29 Å². The van der Waals surface area contributed by atoms with Gasteiger partial charge >= 0.3 is 0 Å². The number of aldehydes is 1. The summed E-state index contributed by atoms with van der Waals surface area (Å²) in [6, 6.07) is 0. The average molecular weight is 140 g/mol. The van der Waals surface area contributed by atoms with Crippen LogP contribution in [0.15, 0.2) is 11.6 Å². The third kappa shape index (κ3) is 1.45. The summed E-state index contributed by atoms with van der Waals surface area (Å²) in [5.74, 6) is 0. The molecule has 0 aromatic rings. The first-order valence-corrected chi connectivity index (χ1v) is 3.51. The molecule has 2 unspecified atom stereocenters. The fourth-order valence-electron chi connectivity index (χ4n) is 1.02. The first-order chi connectivity index (χ1) is 4.74. The van der Waals surface area contributed by atoms with Crippen LogP contribution in [0.1, 0.15) is 20.3 Å². The standard InChI is InChI=1S/C8H12O2/c1-6-3-4-7(2)10-8(6)5-9/h3,5,7-8H,4H2,1-2H3. The maximum Gasteiger partial charge on any atom is 0.152 e. The van der Waals surface area contributed by atoms with Crippen molar-refractivity contribution in [3.05, 3.63) is 11.6 Å². The van der Waals surface area contributed by atoms with Crippen LogP contribution in [0.4, 0.5) is 0 Å². The third-order valence-corrected chi connectivity index (χ3v) is 1.72. The minimum atomic E-state index is -0.288. The summed E-state index contributed by atoms with van der Waals surface area (Å²) < 4.78 is 5.31. The number of carbonyl (C=O) groups excluding carboxylic acids is 1. The van der Waals surface area contributed by atoms with E-state index in [1.807, 2.05) is 13.8 Å². The predicted molar refractivity (Wildman–Crippen MR) is 38.8 cm³/mol. The Balaban J connectivity index is 2.65. The van der Waals surface area contributed by atoms with E-state index in [1.54, 1.807) is 0 Å². The van der Waals surface area contributed by atoms with Crippen molar-refractivity contribution in [2.75, 3.05) is 0 Å². The van der Waals surface area contributed by atoms with Crippen molar-refractivity contribution in [1.82, 2.24) is 0 Å². The highest BCUT2D eigenvalue weighted by molar-refractivity contribution is 5.61. The van der Waals surface area contributed by atoms with E-state index in [9.17, 15) is 4.79 Å². The lowest BCUT2D eigenvalue weighted by Crippen LogP contribution is -2.25. The summed E-state index contributed by atoms with van der Waals surface area (Å²) in [6.07, 6.45) is 3.74. The zero-order valence-electron chi connectivity index (χ0n) is 6.33. The van der Waals surface area contributed by atoms with Crippen LogP contribution < -0.4 is 0 Å². The van der Waals surface area contributed by atoms with Crippen LogP contribution in [0.25, 0.3) is 0 Å². The molecule has 0 saturated carbocycles. The van der Waals surface area contributed by atoms with Crippen LogP contribution in [-0.2, 0) is 9.53 Å². The Morgan fingerprint density at radius 1 is 1.80 bits per heavy atom. The Kier molecular flexibility index (Phi) is 2.22. The van der Waals surface area contributed by atoms with E-state index in [2.05, 4.69) is 6.08 Å². The van der Waals surface area contributed by atoms with E-state index in [0.29, 0.717) is 0 Å². The van der Waals surface area contributed by atoms with Gasteiger partial charge in [0.05, 0.1) is 6.10 Å². The number of ether oxygens (including phenoxy) is 1. The predicted octanol–water partition coefficient (Wildman–Crippen LogP) is 1.31. The van der Waals surface area contributed by atoms with Gasteiger partial charge in [0.15, 0.2) is 6.29 Å². The van der Waals surface area contributed by atoms with E-state index in [4.69, 9.17) is 4.74 Å². The van der Waals surface area contributed by atoms with Crippen LogP contribution in [0, 0.1) is 0 Å². The summed E-state index contributed by atoms with van der Waals surface area (Å²) in [6.45, 7) is 3.89. The van der Waals surface area contributed by atoms with Gasteiger partial charge in [-0.1, -0.05) is 6.08 Å². The molecule has 0 fully saturated rings. The molecule has 0 spiro atoms. The van der Waals surface area contributed by atoms with Crippen molar-refractivity contribution < 1.29 is 9.53 Å². The molecule has 2 heteroatoms. The smallest absolute Gasteiger partial charge is 0.152 e. The molecule has 1 heterocycles. The van der Waals surface area contributed by atoms with Crippen molar-refractivity contribution in [1.29, 1.82) is 0 Å². The molecule has 0 aromatic heterocycles. The zero-order valence-corrected chi connectivity index (χ0v) is 6.33. The summed E-state index contributed by atoms with van der Waals surface area (Å²) >= 11 is 0. The zero-order chi connectivity index (χ0) is 7.56. The van der Waals surface area contributed by atoms with Crippen LogP contribution in [0.3, 0.4) is 0 Å². The summed E-state index contributed by atoms with van der Waals surface area (Å²) in [4.78, 5) is 10.4. The highest BCUT2D eigenvalue weighted by Crippen LogP contribution is 2.16. The quantitative estimate of drug-likeness (QED) is 0.405. The highest BCUT2D eigenvalue weighted by Gasteiger charge is 2.17. The summed E-state index contributed by atoms with van der Waals surface area (Å²) in [5, 5.41) is 0. The average Bonchev–Trinajstić information content (AvgIpc) is 1.94. The van der Waals surface area contributed by atoms with Crippen LogP contribution >= 0.6 is 0 Å². The Morgan fingerprint density at radius 2 is 2.50 bits per heavy atom. The maximum absolute atomic E-state index is 10.4.